The van der Waals surface area contributed by atoms with Crippen LogP contribution in [0.25, 0.3) is 10.6 Å². The molecule has 2 heterocycles. The number of piperidine rings is 1. The summed E-state index contributed by atoms with van der Waals surface area (Å²) < 4.78 is 5.64. The molecule has 0 saturated carbocycles. The molecule has 1 saturated heterocycles. The maximum atomic E-state index is 12.9. The van der Waals surface area contributed by atoms with Gasteiger partial charge in [-0.25, -0.2) is 4.98 Å². The first-order valence-corrected chi connectivity index (χ1v) is 10.0. The molecule has 0 unspecified atom stereocenters. The Balaban J connectivity index is 1.75. The highest BCUT2D eigenvalue weighted by molar-refractivity contribution is 7.13. The highest BCUT2D eigenvalue weighted by atomic mass is 32.1. The van der Waals surface area contributed by atoms with Crippen molar-refractivity contribution in [3.8, 4) is 16.3 Å². The summed E-state index contributed by atoms with van der Waals surface area (Å²) in [7, 11) is 0. The second kappa shape index (κ2) is 8.08. The van der Waals surface area contributed by atoms with E-state index in [0.717, 1.165) is 16.3 Å². The lowest BCUT2D eigenvalue weighted by Crippen LogP contribution is -2.49. The van der Waals surface area contributed by atoms with Crippen LogP contribution in [0.3, 0.4) is 0 Å². The van der Waals surface area contributed by atoms with Gasteiger partial charge < -0.3 is 14.7 Å². The smallest absolute Gasteiger partial charge is 0.308 e. The van der Waals surface area contributed by atoms with E-state index in [1.165, 1.54) is 11.3 Å². The number of aromatic nitrogens is 1. The summed E-state index contributed by atoms with van der Waals surface area (Å²) in [6, 6.07) is 7.30. The first kappa shape index (κ1) is 19.4. The summed E-state index contributed by atoms with van der Waals surface area (Å²) in [5.74, 6) is -0.767. The molecule has 0 spiro atoms. The molecule has 1 N–H and O–H groups in total. The normalized spacial score (nSPS) is 19.9. The van der Waals surface area contributed by atoms with Gasteiger partial charge in [-0.2, -0.15) is 0 Å². The number of rotatable bonds is 5. The van der Waals surface area contributed by atoms with Crippen LogP contribution in [0.5, 0.6) is 5.75 Å². The molecule has 1 amide bonds. The minimum Gasteiger partial charge on any atom is -0.491 e. The predicted molar refractivity (Wildman–Crippen MR) is 104 cm³/mol. The van der Waals surface area contributed by atoms with E-state index < -0.39 is 11.9 Å². The van der Waals surface area contributed by atoms with Crippen molar-refractivity contribution in [3.05, 3.63) is 35.3 Å². The number of nitrogens with zero attached hydrogens (tertiary/aromatic N) is 2. The minimum absolute atomic E-state index is 0.112. The van der Waals surface area contributed by atoms with Crippen LogP contribution in [-0.2, 0) is 4.79 Å². The summed E-state index contributed by atoms with van der Waals surface area (Å²) in [5, 5.41) is 11.8. The fraction of sp³-hybridized carbons (Fsp3) is 0.450. The Labute approximate surface area is 162 Å². The molecule has 1 aliphatic rings. The molecule has 1 aromatic heterocycles. The Kier molecular flexibility index (Phi) is 5.79. The van der Waals surface area contributed by atoms with E-state index in [1.54, 1.807) is 17.2 Å². The molecule has 27 heavy (non-hydrogen) atoms. The van der Waals surface area contributed by atoms with Gasteiger partial charge >= 0.3 is 5.97 Å². The highest BCUT2D eigenvalue weighted by Gasteiger charge is 2.36. The number of carbonyl (C=O) groups excluding carboxylic acids is 1. The van der Waals surface area contributed by atoms with Gasteiger partial charge in [0.2, 0.25) is 0 Å². The summed E-state index contributed by atoms with van der Waals surface area (Å²) >= 11 is 1.41. The van der Waals surface area contributed by atoms with Gasteiger partial charge in [0.1, 0.15) is 16.5 Å². The van der Waals surface area contributed by atoms with Crippen molar-refractivity contribution in [3.63, 3.8) is 0 Å². The fourth-order valence-electron chi connectivity index (χ4n) is 3.36. The average molecular weight is 388 g/mol. The zero-order valence-electron chi connectivity index (χ0n) is 15.7. The molecule has 1 aliphatic heterocycles. The number of aliphatic carboxylic acids is 1. The zero-order chi connectivity index (χ0) is 19.6. The van der Waals surface area contributed by atoms with E-state index in [9.17, 15) is 14.7 Å². The van der Waals surface area contributed by atoms with E-state index in [0.29, 0.717) is 25.1 Å². The van der Waals surface area contributed by atoms with Gasteiger partial charge in [0.25, 0.3) is 5.91 Å². The Morgan fingerprint density at radius 2 is 2.00 bits per heavy atom. The van der Waals surface area contributed by atoms with Crippen molar-refractivity contribution >= 4 is 23.2 Å². The predicted octanol–water partition coefficient (Wildman–Crippen LogP) is 3.92. The molecule has 0 aliphatic carbocycles. The number of hydrogen-bond donors (Lipinski definition) is 1. The van der Waals surface area contributed by atoms with Crippen molar-refractivity contribution in [2.75, 3.05) is 6.54 Å². The monoisotopic (exact) mass is 388 g/mol. The largest absolute Gasteiger partial charge is 0.491 e. The number of thiazole rings is 1. The quantitative estimate of drug-likeness (QED) is 0.840. The Morgan fingerprint density at radius 1 is 1.30 bits per heavy atom. The maximum Gasteiger partial charge on any atom is 0.308 e. The summed E-state index contributed by atoms with van der Waals surface area (Å²) in [6.07, 6.45) is 1.41. The van der Waals surface area contributed by atoms with Crippen molar-refractivity contribution in [2.24, 2.45) is 5.92 Å². The van der Waals surface area contributed by atoms with Gasteiger partial charge in [0, 0.05) is 23.5 Å². The number of carbonyl (C=O) groups is 2. The van der Waals surface area contributed by atoms with E-state index >= 15 is 0 Å². The minimum atomic E-state index is -0.845. The van der Waals surface area contributed by atoms with Crippen LogP contribution in [-0.4, -0.2) is 45.6 Å². The first-order valence-electron chi connectivity index (χ1n) is 9.13. The average Bonchev–Trinajstić information content (AvgIpc) is 3.11. The lowest BCUT2D eigenvalue weighted by molar-refractivity contribution is -0.144. The fourth-order valence-corrected chi connectivity index (χ4v) is 4.16. The third-order valence-electron chi connectivity index (χ3n) is 4.76. The van der Waals surface area contributed by atoms with Crippen LogP contribution in [0, 0.1) is 5.92 Å². The van der Waals surface area contributed by atoms with Crippen molar-refractivity contribution in [1.29, 1.82) is 0 Å². The van der Waals surface area contributed by atoms with Crippen LogP contribution >= 0.6 is 11.3 Å². The van der Waals surface area contributed by atoms with Gasteiger partial charge in [0.15, 0.2) is 0 Å². The molecule has 144 valence electrons. The molecular weight excluding hydrogens is 364 g/mol. The molecule has 0 bridgehead atoms. The second-order valence-electron chi connectivity index (χ2n) is 7.05. The van der Waals surface area contributed by atoms with E-state index in [1.807, 2.05) is 38.1 Å². The van der Waals surface area contributed by atoms with Gasteiger partial charge in [-0.1, -0.05) is 0 Å². The number of hydrogen-bond acceptors (Lipinski definition) is 5. The van der Waals surface area contributed by atoms with Crippen LogP contribution in [0.4, 0.5) is 0 Å². The van der Waals surface area contributed by atoms with Crippen molar-refractivity contribution in [2.45, 2.75) is 45.8 Å². The number of benzene rings is 1. The summed E-state index contributed by atoms with van der Waals surface area (Å²) in [4.78, 5) is 30.4. The van der Waals surface area contributed by atoms with Crippen molar-refractivity contribution in [1.82, 2.24) is 9.88 Å². The summed E-state index contributed by atoms with van der Waals surface area (Å²) in [5.41, 5.74) is 1.29. The molecule has 1 fully saturated rings. The van der Waals surface area contributed by atoms with Crippen LogP contribution < -0.4 is 4.74 Å². The van der Waals surface area contributed by atoms with Gasteiger partial charge in [-0.15, -0.1) is 11.3 Å². The zero-order valence-corrected chi connectivity index (χ0v) is 16.5. The Hall–Kier alpha value is -2.41. The van der Waals surface area contributed by atoms with Gasteiger partial charge in [0.05, 0.1) is 12.0 Å². The Bertz CT molecular complexity index is 816. The van der Waals surface area contributed by atoms with Crippen LogP contribution in [0.2, 0.25) is 0 Å². The molecule has 2 atom stereocenters. The number of carboxylic acid groups (broad SMARTS) is 1. The van der Waals surface area contributed by atoms with Gasteiger partial charge in [-0.05, 0) is 57.9 Å². The molecule has 6 nitrogen and oxygen atoms in total. The topological polar surface area (TPSA) is 79.7 Å². The van der Waals surface area contributed by atoms with Crippen LogP contribution in [0.15, 0.2) is 29.6 Å². The van der Waals surface area contributed by atoms with Crippen LogP contribution in [0.1, 0.15) is 44.1 Å². The first-order chi connectivity index (χ1) is 12.9. The third-order valence-corrected chi connectivity index (χ3v) is 5.65. The molecular formula is C20H24N2O4S. The lowest BCUT2D eigenvalue weighted by Gasteiger charge is -2.37. The SMILES string of the molecule is CC(C)Oc1ccc(-c2nc(C(=O)N3CCC[C@H](C(=O)O)[C@@H]3C)cs2)cc1. The lowest BCUT2D eigenvalue weighted by atomic mass is 9.90. The molecule has 3 rings (SSSR count). The van der Waals surface area contributed by atoms with E-state index in [-0.39, 0.29) is 18.1 Å². The molecule has 7 heteroatoms. The van der Waals surface area contributed by atoms with Gasteiger partial charge in [-0.3, -0.25) is 9.59 Å². The number of carboxylic acids is 1. The Morgan fingerprint density at radius 3 is 2.63 bits per heavy atom. The van der Waals surface area contributed by atoms with E-state index in [4.69, 9.17) is 4.74 Å². The highest BCUT2D eigenvalue weighted by Crippen LogP contribution is 2.29. The molecule has 0 radical (unpaired) electrons. The number of ether oxygens (including phenoxy) is 1. The van der Waals surface area contributed by atoms with E-state index in [2.05, 4.69) is 4.98 Å². The molecule has 2 aromatic rings. The molecule has 1 aromatic carbocycles. The maximum absolute atomic E-state index is 12.9. The summed E-state index contributed by atoms with van der Waals surface area (Å²) in [6.45, 7) is 6.32. The van der Waals surface area contributed by atoms with Crippen molar-refractivity contribution < 1.29 is 19.4 Å². The second-order valence-corrected chi connectivity index (χ2v) is 7.91. The number of likely N-dealkylation sites (tertiary alicyclic amines) is 1. The third kappa shape index (κ3) is 4.30. The standard InChI is InChI=1S/C20H24N2O4S/c1-12(2)26-15-8-6-14(7-9-15)18-21-17(11-27-18)19(23)22-10-4-5-16(13(22)3)20(24)25/h6-9,11-13,16H,4-5,10H2,1-3H3,(H,24,25)/t13-,16-/m0/s1. The number of amides is 1.